The minimum Gasteiger partial charge on any atom is -0.394 e. The Balaban J connectivity index is 1.55. The van der Waals surface area contributed by atoms with Gasteiger partial charge in [-0.2, -0.15) is 0 Å². The molecule has 1 amide bonds. The molecule has 14 nitrogen and oxygen atoms in total. The maximum Gasteiger partial charge on any atom is 0.220 e. The zero-order valence-electron chi connectivity index (χ0n) is 59.1. The van der Waals surface area contributed by atoms with Gasteiger partial charge >= 0.3 is 0 Å². The summed E-state index contributed by atoms with van der Waals surface area (Å²) in [7, 11) is 0. The van der Waals surface area contributed by atoms with Crippen molar-refractivity contribution in [1.82, 2.24) is 5.32 Å². The van der Waals surface area contributed by atoms with Crippen LogP contribution < -0.4 is 5.32 Å². The van der Waals surface area contributed by atoms with Crippen LogP contribution in [0.5, 0.6) is 0 Å². The van der Waals surface area contributed by atoms with Crippen LogP contribution in [0.2, 0.25) is 0 Å². The van der Waals surface area contributed by atoms with Crippen molar-refractivity contribution in [2.75, 3.05) is 19.8 Å². The van der Waals surface area contributed by atoms with Gasteiger partial charge in [-0.1, -0.05) is 332 Å². The fourth-order valence-corrected chi connectivity index (χ4v) is 12.8. The predicted octanol–water partition coefficient (Wildman–Crippen LogP) is 17.0. The van der Waals surface area contributed by atoms with Crippen molar-refractivity contribution in [3.63, 3.8) is 0 Å². The summed E-state index contributed by atoms with van der Waals surface area (Å²) in [6, 6.07) is -0.914. The molecule has 12 unspecified atom stereocenters. The molecule has 2 heterocycles. The number of unbranched alkanes of at least 4 members (excludes halogenated alkanes) is 46. The maximum absolute atomic E-state index is 13.3. The molecule has 92 heavy (non-hydrogen) atoms. The lowest BCUT2D eigenvalue weighted by Crippen LogP contribution is -2.65. The van der Waals surface area contributed by atoms with Gasteiger partial charge in [0.2, 0.25) is 5.91 Å². The highest BCUT2D eigenvalue weighted by Gasteiger charge is 2.51. The highest BCUT2D eigenvalue weighted by atomic mass is 16.7. The molecule has 2 aliphatic rings. The van der Waals surface area contributed by atoms with Gasteiger partial charge in [0, 0.05) is 6.42 Å². The minimum absolute atomic E-state index is 0.233. The quantitative estimate of drug-likeness (QED) is 0.0204. The Morgan fingerprint density at radius 2 is 0.717 bits per heavy atom. The summed E-state index contributed by atoms with van der Waals surface area (Å²) in [5, 5.41) is 87.5. The number of hydrogen-bond donors (Lipinski definition) is 9. The van der Waals surface area contributed by atoms with E-state index in [2.05, 4.69) is 55.6 Å². The minimum atomic E-state index is -1.79. The first-order valence-corrected chi connectivity index (χ1v) is 38.9. The molecule has 9 N–H and O–H groups in total. The van der Waals surface area contributed by atoms with E-state index in [9.17, 15) is 45.6 Å². The highest BCUT2D eigenvalue weighted by molar-refractivity contribution is 5.76. The van der Waals surface area contributed by atoms with E-state index in [1.54, 1.807) is 6.08 Å². The second-order valence-corrected chi connectivity index (χ2v) is 27.5. The van der Waals surface area contributed by atoms with Crippen LogP contribution in [0.25, 0.3) is 0 Å². The number of allylic oxidation sites excluding steroid dienone is 7. The summed E-state index contributed by atoms with van der Waals surface area (Å²) in [5.74, 6) is -0.233. The van der Waals surface area contributed by atoms with Crippen LogP contribution in [0.1, 0.15) is 348 Å². The highest BCUT2D eigenvalue weighted by Crippen LogP contribution is 2.30. The van der Waals surface area contributed by atoms with Crippen LogP contribution in [0.3, 0.4) is 0 Å². The SMILES string of the molecule is CCCCCCC/C=C\C/C=C\C/C=C\CCCCCCCCCCCCCCCCCCCCCCCCCCCCC(=O)NC(COC1OC(CO)C(OC2OC(CO)C(O)C(O)C2O)C(O)C1O)C(O)/C=C/CCCCCCCCCCCCCCCCC. The summed E-state index contributed by atoms with van der Waals surface area (Å²) in [5.41, 5.74) is 0. The molecule has 2 rings (SSSR count). The van der Waals surface area contributed by atoms with Gasteiger partial charge in [-0.15, -0.1) is 0 Å². The molecule has 0 aliphatic carbocycles. The molecular weight excluding hydrogens is 1160 g/mol. The van der Waals surface area contributed by atoms with Crippen LogP contribution in [-0.4, -0.2) is 140 Å². The van der Waals surface area contributed by atoms with Crippen LogP contribution in [-0.2, 0) is 23.7 Å². The van der Waals surface area contributed by atoms with E-state index in [1.807, 2.05) is 6.08 Å². The number of hydrogen-bond acceptors (Lipinski definition) is 13. The van der Waals surface area contributed by atoms with Crippen molar-refractivity contribution in [3.05, 3.63) is 48.6 Å². The van der Waals surface area contributed by atoms with E-state index < -0.39 is 86.8 Å². The molecule has 14 heteroatoms. The van der Waals surface area contributed by atoms with Crippen LogP contribution in [0, 0.1) is 0 Å². The normalized spacial score (nSPS) is 22.9. The number of carbonyl (C=O) groups excluding carboxylic acids is 1. The number of rotatable bonds is 65. The third kappa shape index (κ3) is 45.5. The van der Waals surface area contributed by atoms with Crippen LogP contribution >= 0.6 is 0 Å². The Morgan fingerprint density at radius 1 is 0.391 bits per heavy atom. The molecule has 2 saturated heterocycles. The van der Waals surface area contributed by atoms with Crippen molar-refractivity contribution >= 4 is 5.91 Å². The molecule has 0 aromatic heterocycles. The van der Waals surface area contributed by atoms with Crippen LogP contribution in [0.15, 0.2) is 48.6 Å². The topological polar surface area (TPSA) is 228 Å². The number of aliphatic hydroxyl groups is 8. The molecule has 12 atom stereocenters. The van der Waals surface area contributed by atoms with Crippen molar-refractivity contribution in [3.8, 4) is 0 Å². The Labute approximate surface area is 563 Å². The third-order valence-electron chi connectivity index (χ3n) is 19.0. The monoisotopic (exact) mass is 1300 g/mol. The van der Waals surface area contributed by atoms with Crippen molar-refractivity contribution in [1.29, 1.82) is 0 Å². The third-order valence-corrected chi connectivity index (χ3v) is 19.0. The van der Waals surface area contributed by atoms with Crippen molar-refractivity contribution in [2.45, 2.75) is 421 Å². The second kappa shape index (κ2) is 62.5. The summed E-state index contributed by atoms with van der Waals surface area (Å²) in [6.45, 7) is 2.83. The Kier molecular flexibility index (Phi) is 58.4. The smallest absolute Gasteiger partial charge is 0.220 e. The van der Waals surface area contributed by atoms with Gasteiger partial charge in [-0.3, -0.25) is 4.79 Å². The maximum atomic E-state index is 13.3. The van der Waals surface area contributed by atoms with Gasteiger partial charge in [0.05, 0.1) is 32.0 Å². The fourth-order valence-electron chi connectivity index (χ4n) is 12.8. The average molecular weight is 1310 g/mol. The molecule has 2 aliphatic heterocycles. The Morgan fingerprint density at radius 3 is 1.10 bits per heavy atom. The van der Waals surface area contributed by atoms with E-state index in [0.717, 1.165) is 51.4 Å². The van der Waals surface area contributed by atoms with E-state index in [4.69, 9.17) is 18.9 Å². The molecule has 0 aromatic rings. The second-order valence-electron chi connectivity index (χ2n) is 27.5. The molecule has 0 bridgehead atoms. The van der Waals surface area contributed by atoms with Gasteiger partial charge in [-0.05, 0) is 57.8 Å². The standard InChI is InChI=1S/C78H145NO13/c1-3-5-7-9-11-13-15-17-19-21-22-23-24-25-26-27-28-29-30-31-32-33-34-35-36-37-38-39-40-41-42-43-44-46-48-50-52-54-56-58-60-62-70(83)79-66(67(82)61-59-57-55-53-51-49-47-45-20-18-16-14-12-10-8-6-4-2)65-89-77-75(88)73(86)76(69(64-81)91-77)92-78-74(87)72(85)71(84)68(63-80)90-78/h15,17,21-22,24-25,59,61,66-69,71-78,80-82,84-88H,3-14,16,18-20,23,26-58,60,62-65H2,1-2H3,(H,79,83)/b17-15-,22-21-,25-24-,61-59+. The van der Waals surface area contributed by atoms with E-state index in [-0.39, 0.29) is 18.9 Å². The number of amides is 1. The number of nitrogens with one attached hydrogen (secondary N) is 1. The Hall–Kier alpha value is -2.05. The lowest BCUT2D eigenvalue weighted by molar-refractivity contribution is -0.359. The summed E-state index contributed by atoms with van der Waals surface area (Å²) in [6.07, 6.45) is 66.3. The van der Waals surface area contributed by atoms with Crippen molar-refractivity contribution < 1.29 is 64.6 Å². The summed E-state index contributed by atoms with van der Waals surface area (Å²) >= 11 is 0. The predicted molar refractivity (Wildman–Crippen MR) is 378 cm³/mol. The molecule has 0 aromatic carbocycles. The first kappa shape index (κ1) is 86.0. The van der Waals surface area contributed by atoms with E-state index in [1.165, 1.54) is 270 Å². The van der Waals surface area contributed by atoms with Gasteiger partial charge < -0.3 is 65.1 Å². The van der Waals surface area contributed by atoms with Crippen LogP contribution in [0.4, 0.5) is 0 Å². The number of ether oxygens (including phenoxy) is 4. The first-order chi connectivity index (χ1) is 45.1. The van der Waals surface area contributed by atoms with Crippen molar-refractivity contribution in [2.24, 2.45) is 0 Å². The molecule has 540 valence electrons. The zero-order chi connectivity index (χ0) is 66.6. The van der Waals surface area contributed by atoms with Gasteiger partial charge in [0.1, 0.15) is 48.8 Å². The molecule has 0 saturated carbocycles. The summed E-state index contributed by atoms with van der Waals surface area (Å²) in [4.78, 5) is 13.3. The lowest BCUT2D eigenvalue weighted by atomic mass is 9.97. The average Bonchev–Trinajstić information content (AvgIpc) is 0.856. The number of aliphatic hydroxyl groups excluding tert-OH is 8. The number of carbonyl (C=O) groups is 1. The van der Waals surface area contributed by atoms with Gasteiger partial charge in [-0.25, -0.2) is 0 Å². The largest absolute Gasteiger partial charge is 0.394 e. The molecule has 0 spiro atoms. The van der Waals surface area contributed by atoms with Gasteiger partial charge in [0.25, 0.3) is 0 Å². The molecule has 0 radical (unpaired) electrons. The van der Waals surface area contributed by atoms with E-state index in [0.29, 0.717) is 6.42 Å². The Bertz CT molecular complexity index is 1730. The molecular formula is C78H145NO13. The molecule has 2 fully saturated rings. The first-order valence-electron chi connectivity index (χ1n) is 38.9. The van der Waals surface area contributed by atoms with E-state index >= 15 is 0 Å². The zero-order valence-corrected chi connectivity index (χ0v) is 59.1. The van der Waals surface area contributed by atoms with Gasteiger partial charge in [0.15, 0.2) is 12.6 Å². The fraction of sp³-hybridized carbons (Fsp3) is 0.885. The lowest BCUT2D eigenvalue weighted by Gasteiger charge is -2.46. The summed E-state index contributed by atoms with van der Waals surface area (Å²) < 4.78 is 22.9.